The SMILES string of the molecule is CC(C)CNC(=O)[C@H](Cc1ccccc1)N(Cc1ccc(Br)cc1)C(=O)CN(c1ccccc1)S(=O)(=O)c1ccc(Cl)cc1. The highest BCUT2D eigenvalue weighted by Crippen LogP contribution is 2.26. The first-order valence-electron chi connectivity index (χ1n) is 14.2. The molecular formula is C34H35BrClN3O4S. The molecule has 1 atom stereocenters. The molecule has 1 N–H and O–H groups in total. The van der Waals surface area contributed by atoms with Gasteiger partial charge in [-0.05, 0) is 65.6 Å². The van der Waals surface area contributed by atoms with Gasteiger partial charge < -0.3 is 10.2 Å². The maximum atomic E-state index is 14.4. The summed E-state index contributed by atoms with van der Waals surface area (Å²) >= 11 is 9.49. The van der Waals surface area contributed by atoms with E-state index in [1.165, 1.54) is 29.2 Å². The van der Waals surface area contributed by atoms with Gasteiger partial charge in [-0.25, -0.2) is 8.42 Å². The van der Waals surface area contributed by atoms with Crippen molar-refractivity contribution in [2.24, 2.45) is 5.92 Å². The third kappa shape index (κ3) is 8.94. The maximum absolute atomic E-state index is 14.4. The summed E-state index contributed by atoms with van der Waals surface area (Å²) in [6.45, 7) is 4.01. The minimum atomic E-state index is -4.18. The number of carbonyl (C=O) groups is 2. The van der Waals surface area contributed by atoms with E-state index in [0.29, 0.717) is 17.3 Å². The number of hydrogen-bond donors (Lipinski definition) is 1. The molecule has 230 valence electrons. The van der Waals surface area contributed by atoms with Crippen molar-refractivity contribution >= 4 is 55.1 Å². The van der Waals surface area contributed by atoms with Crippen LogP contribution in [0.1, 0.15) is 25.0 Å². The van der Waals surface area contributed by atoms with Crippen molar-refractivity contribution in [1.29, 1.82) is 0 Å². The lowest BCUT2D eigenvalue weighted by molar-refractivity contribution is -0.140. The zero-order valence-corrected chi connectivity index (χ0v) is 27.7. The molecular weight excluding hydrogens is 662 g/mol. The fourth-order valence-electron chi connectivity index (χ4n) is 4.62. The number of nitrogens with zero attached hydrogens (tertiary/aromatic N) is 2. The van der Waals surface area contributed by atoms with E-state index in [1.807, 2.05) is 68.4 Å². The Bertz CT molecular complexity index is 1640. The first-order valence-corrected chi connectivity index (χ1v) is 16.8. The summed E-state index contributed by atoms with van der Waals surface area (Å²) in [5.74, 6) is -0.625. The van der Waals surface area contributed by atoms with Crippen LogP contribution in [0.5, 0.6) is 0 Å². The second kappa shape index (κ2) is 15.4. The van der Waals surface area contributed by atoms with Crippen LogP contribution in [0, 0.1) is 5.92 Å². The molecule has 4 aromatic rings. The van der Waals surface area contributed by atoms with Crippen LogP contribution in [-0.4, -0.2) is 44.3 Å². The average Bonchev–Trinajstić information content (AvgIpc) is 3.02. The summed E-state index contributed by atoms with van der Waals surface area (Å²) in [7, 11) is -4.18. The van der Waals surface area contributed by atoms with E-state index in [9.17, 15) is 18.0 Å². The number of sulfonamides is 1. The van der Waals surface area contributed by atoms with Crippen molar-refractivity contribution in [3.05, 3.63) is 130 Å². The lowest BCUT2D eigenvalue weighted by atomic mass is 10.0. The molecule has 0 spiro atoms. The Hall–Kier alpha value is -3.66. The highest BCUT2D eigenvalue weighted by atomic mass is 79.9. The van der Waals surface area contributed by atoms with Crippen LogP contribution < -0.4 is 9.62 Å². The Morgan fingerprint density at radius 3 is 2.00 bits per heavy atom. The Kier molecular flexibility index (Phi) is 11.6. The molecule has 0 unspecified atom stereocenters. The van der Waals surface area contributed by atoms with Crippen molar-refractivity contribution < 1.29 is 18.0 Å². The van der Waals surface area contributed by atoms with E-state index in [0.717, 1.165) is 19.9 Å². The van der Waals surface area contributed by atoms with Gasteiger partial charge in [0.2, 0.25) is 11.8 Å². The Balaban J connectivity index is 1.77. The Morgan fingerprint density at radius 1 is 0.818 bits per heavy atom. The molecule has 7 nitrogen and oxygen atoms in total. The molecule has 0 fully saturated rings. The van der Waals surface area contributed by atoms with Crippen LogP contribution in [-0.2, 0) is 32.6 Å². The van der Waals surface area contributed by atoms with Crippen LogP contribution in [0.25, 0.3) is 0 Å². The first-order chi connectivity index (χ1) is 21.0. The van der Waals surface area contributed by atoms with E-state index >= 15 is 0 Å². The molecule has 10 heteroatoms. The van der Waals surface area contributed by atoms with Crippen molar-refractivity contribution in [3.8, 4) is 0 Å². The molecule has 0 aliphatic heterocycles. The number of halogens is 2. The molecule has 4 aromatic carbocycles. The molecule has 0 radical (unpaired) electrons. The fourth-order valence-corrected chi connectivity index (χ4v) is 6.42. The van der Waals surface area contributed by atoms with Crippen LogP contribution in [0.15, 0.2) is 119 Å². The molecule has 4 rings (SSSR count). The van der Waals surface area contributed by atoms with E-state index in [4.69, 9.17) is 11.6 Å². The van der Waals surface area contributed by atoms with Gasteiger partial charge in [0.05, 0.1) is 10.6 Å². The number of hydrogen-bond acceptors (Lipinski definition) is 4. The molecule has 0 saturated heterocycles. The largest absolute Gasteiger partial charge is 0.354 e. The minimum absolute atomic E-state index is 0.00600. The van der Waals surface area contributed by atoms with Gasteiger partial charge in [-0.1, -0.05) is 102 Å². The molecule has 0 heterocycles. The molecule has 44 heavy (non-hydrogen) atoms. The number of amides is 2. The topological polar surface area (TPSA) is 86.8 Å². The molecule has 0 aromatic heterocycles. The van der Waals surface area contributed by atoms with Crippen LogP contribution in [0.3, 0.4) is 0 Å². The highest BCUT2D eigenvalue weighted by Gasteiger charge is 2.34. The average molecular weight is 697 g/mol. The third-order valence-electron chi connectivity index (χ3n) is 6.95. The molecule has 0 aliphatic carbocycles. The van der Waals surface area contributed by atoms with Gasteiger partial charge in [0.1, 0.15) is 12.6 Å². The smallest absolute Gasteiger partial charge is 0.264 e. The van der Waals surface area contributed by atoms with Crippen LogP contribution in [0.2, 0.25) is 5.02 Å². The van der Waals surface area contributed by atoms with Crippen molar-refractivity contribution in [3.63, 3.8) is 0 Å². The van der Waals surface area contributed by atoms with Crippen molar-refractivity contribution in [1.82, 2.24) is 10.2 Å². The van der Waals surface area contributed by atoms with Gasteiger partial charge >= 0.3 is 0 Å². The second-order valence-corrected chi connectivity index (χ2v) is 14.0. The van der Waals surface area contributed by atoms with Crippen LogP contribution in [0.4, 0.5) is 5.69 Å². The number of nitrogens with one attached hydrogen (secondary N) is 1. The minimum Gasteiger partial charge on any atom is -0.354 e. The predicted molar refractivity (Wildman–Crippen MR) is 179 cm³/mol. The van der Waals surface area contributed by atoms with E-state index in [2.05, 4.69) is 21.2 Å². The predicted octanol–water partition coefficient (Wildman–Crippen LogP) is 6.71. The monoisotopic (exact) mass is 695 g/mol. The lowest BCUT2D eigenvalue weighted by Crippen LogP contribution is -2.53. The highest BCUT2D eigenvalue weighted by molar-refractivity contribution is 9.10. The molecule has 0 saturated carbocycles. The zero-order chi connectivity index (χ0) is 31.7. The summed E-state index contributed by atoms with van der Waals surface area (Å²) in [6, 6.07) is 30.3. The summed E-state index contributed by atoms with van der Waals surface area (Å²) in [4.78, 5) is 29.7. The standard InChI is InChI=1S/C34H35BrClN3O4S/c1-25(2)22-37-34(41)32(21-26-9-5-3-6-10-26)38(23-27-13-15-28(35)16-14-27)33(40)24-39(30-11-7-4-8-12-30)44(42,43)31-19-17-29(36)18-20-31/h3-20,25,32H,21-24H2,1-2H3,(H,37,41)/t32-/m0/s1. The van der Waals surface area contributed by atoms with E-state index in [-0.39, 0.29) is 29.7 Å². The first kappa shape index (κ1) is 33.2. The maximum Gasteiger partial charge on any atom is 0.264 e. The van der Waals surface area contributed by atoms with Gasteiger partial charge in [0.15, 0.2) is 0 Å². The molecule has 2 amide bonds. The summed E-state index contributed by atoms with van der Waals surface area (Å²) in [6.07, 6.45) is 0.252. The normalized spacial score (nSPS) is 12.0. The second-order valence-electron chi connectivity index (χ2n) is 10.8. The lowest BCUT2D eigenvalue weighted by Gasteiger charge is -2.34. The van der Waals surface area contributed by atoms with Crippen molar-refractivity contribution in [2.75, 3.05) is 17.4 Å². The number of benzene rings is 4. The van der Waals surface area contributed by atoms with Gasteiger partial charge in [-0.3, -0.25) is 13.9 Å². The quantitative estimate of drug-likeness (QED) is 0.168. The molecule has 0 bridgehead atoms. The Labute approximate surface area is 273 Å². The number of para-hydroxylation sites is 1. The van der Waals surface area contributed by atoms with Gasteiger partial charge in [-0.2, -0.15) is 0 Å². The summed E-state index contributed by atoms with van der Waals surface area (Å²) in [5.41, 5.74) is 1.99. The number of anilines is 1. The summed E-state index contributed by atoms with van der Waals surface area (Å²) in [5, 5.41) is 3.39. The van der Waals surface area contributed by atoms with Gasteiger partial charge in [-0.15, -0.1) is 0 Å². The third-order valence-corrected chi connectivity index (χ3v) is 9.52. The molecule has 0 aliphatic rings. The van der Waals surface area contributed by atoms with Gasteiger partial charge in [0, 0.05) is 29.0 Å². The number of rotatable bonds is 13. The van der Waals surface area contributed by atoms with Crippen molar-refractivity contribution in [2.45, 2.75) is 37.8 Å². The van der Waals surface area contributed by atoms with E-state index in [1.54, 1.807) is 30.3 Å². The van der Waals surface area contributed by atoms with E-state index < -0.39 is 28.5 Å². The van der Waals surface area contributed by atoms with Gasteiger partial charge in [0.25, 0.3) is 10.0 Å². The zero-order valence-electron chi connectivity index (χ0n) is 24.6. The Morgan fingerprint density at radius 2 is 1.41 bits per heavy atom. The van der Waals surface area contributed by atoms with Crippen LogP contribution >= 0.6 is 27.5 Å². The number of carbonyl (C=O) groups excluding carboxylic acids is 2. The fraction of sp³-hybridized carbons (Fsp3) is 0.235. The summed E-state index contributed by atoms with van der Waals surface area (Å²) < 4.78 is 30.0.